The number of nitrogens with zero attached hydrogens (tertiary/aromatic N) is 2. The number of aromatic nitrogens is 2. The Kier molecular flexibility index (Phi) is 16.3. The van der Waals surface area contributed by atoms with Crippen LogP contribution in [0.2, 0.25) is 0 Å². The van der Waals surface area contributed by atoms with Crippen molar-refractivity contribution in [2.45, 2.75) is 113 Å². The summed E-state index contributed by atoms with van der Waals surface area (Å²) >= 11 is 1.69. The Bertz CT molecular complexity index is 2400. The van der Waals surface area contributed by atoms with Crippen molar-refractivity contribution in [3.05, 3.63) is 120 Å². The van der Waals surface area contributed by atoms with Crippen LogP contribution in [0.5, 0.6) is 0 Å². The van der Waals surface area contributed by atoms with Gasteiger partial charge in [-0.05, 0) is 72.3 Å². The summed E-state index contributed by atoms with van der Waals surface area (Å²) < 4.78 is 41.1. The summed E-state index contributed by atoms with van der Waals surface area (Å²) in [5.41, 5.74) is 7.06. The van der Waals surface area contributed by atoms with Crippen molar-refractivity contribution >= 4 is 38.1 Å². The van der Waals surface area contributed by atoms with Gasteiger partial charge in [0.15, 0.2) is 5.78 Å². The Morgan fingerprint density at radius 1 is 0.800 bits per heavy atom. The standard InChI is InChI=1S/C38H34F3N2S.C13H24O2.Ir/c1-23-32-35(33(43-22-42-32)29-19-28-9-7-8-10-30(28)31(20-29)36(2,3)4)44-34(23)27-17-15-26(16-18-27)25-13-11-24(12-14-25)21-37(5,6)38(39,40)41;1-5-10(6-2)12(14)9-13(15)11(7-3)8-4;/h7-18,20,22H,21H2,1-6H3;9-11,14H,5-8H2,1-4H3;/q-1;;/b;12-9-;. The van der Waals surface area contributed by atoms with E-state index in [2.05, 4.69) is 87.3 Å². The third kappa shape index (κ3) is 11.0. The number of rotatable bonds is 12. The number of aliphatic hydroxyl groups is 1. The van der Waals surface area contributed by atoms with Gasteiger partial charge in [0.25, 0.3) is 0 Å². The molecule has 6 rings (SSSR count). The minimum atomic E-state index is -4.25. The van der Waals surface area contributed by atoms with Crippen molar-refractivity contribution in [2.75, 3.05) is 0 Å². The van der Waals surface area contributed by atoms with Gasteiger partial charge in [0, 0.05) is 53.3 Å². The first kappa shape index (κ1) is 48.5. The molecule has 4 nitrogen and oxygen atoms in total. The molecule has 0 atom stereocenters. The molecule has 0 saturated heterocycles. The normalized spacial score (nSPS) is 12.5. The first-order chi connectivity index (χ1) is 27.8. The molecular weight excluding hydrogens is 954 g/mol. The quantitative estimate of drug-likeness (QED) is 0.0754. The Hall–Kier alpha value is -4.17. The van der Waals surface area contributed by atoms with Gasteiger partial charge in [-0.2, -0.15) is 13.2 Å². The number of aryl methyl sites for hydroxylation is 1. The number of hydrogen-bond acceptors (Lipinski definition) is 5. The van der Waals surface area contributed by atoms with Crippen molar-refractivity contribution in [1.29, 1.82) is 0 Å². The summed E-state index contributed by atoms with van der Waals surface area (Å²) in [7, 11) is 0. The molecule has 0 spiro atoms. The van der Waals surface area contributed by atoms with E-state index < -0.39 is 11.6 Å². The molecule has 9 heteroatoms. The van der Waals surface area contributed by atoms with Crippen LogP contribution in [-0.4, -0.2) is 27.0 Å². The number of thiophene rings is 1. The van der Waals surface area contributed by atoms with Crippen LogP contribution >= 0.6 is 11.3 Å². The van der Waals surface area contributed by atoms with Crippen LogP contribution < -0.4 is 0 Å². The minimum absolute atomic E-state index is 0. The maximum atomic E-state index is 13.4. The topological polar surface area (TPSA) is 63.1 Å². The number of ketones is 1. The van der Waals surface area contributed by atoms with E-state index in [-0.39, 0.29) is 55.3 Å². The van der Waals surface area contributed by atoms with E-state index in [1.807, 2.05) is 45.9 Å². The molecule has 4 aromatic carbocycles. The Morgan fingerprint density at radius 3 is 1.90 bits per heavy atom. The van der Waals surface area contributed by atoms with Gasteiger partial charge < -0.3 is 5.11 Å². The van der Waals surface area contributed by atoms with E-state index in [0.717, 1.165) is 79.7 Å². The van der Waals surface area contributed by atoms with Crippen molar-refractivity contribution in [3.63, 3.8) is 0 Å². The average Bonchev–Trinajstić information content (AvgIpc) is 3.54. The van der Waals surface area contributed by atoms with Crippen LogP contribution in [0.15, 0.2) is 97.0 Å². The summed E-state index contributed by atoms with van der Waals surface area (Å²) in [6.07, 6.45) is 2.25. The summed E-state index contributed by atoms with van der Waals surface area (Å²) in [5.74, 6) is 0.547. The molecule has 1 radical (unpaired) electrons. The minimum Gasteiger partial charge on any atom is -0.512 e. The SMILES string of the molecule is CCC(CC)C(=O)/C=C(\O)C(CC)CC.Cc1c(-c2ccc(-c3ccc(CC(C)(C)C(F)(F)F)cc3)cc2)sc2c(-c3[c-]c4ccccc4c(C(C)(C)C)c3)ncnc12.[Ir]. The van der Waals surface area contributed by atoms with Crippen LogP contribution in [0.3, 0.4) is 0 Å². The smallest absolute Gasteiger partial charge is 0.394 e. The number of hydrogen-bond donors (Lipinski definition) is 1. The Balaban J connectivity index is 0.000000425. The molecule has 2 heterocycles. The summed E-state index contributed by atoms with van der Waals surface area (Å²) in [5, 5.41) is 12.0. The van der Waals surface area contributed by atoms with Crippen molar-refractivity contribution in [3.8, 4) is 32.8 Å². The van der Waals surface area contributed by atoms with Crippen LogP contribution in [0.4, 0.5) is 13.2 Å². The van der Waals surface area contributed by atoms with Gasteiger partial charge in [0.05, 0.1) is 16.7 Å². The second-order valence-electron chi connectivity index (χ2n) is 17.2. The number of aliphatic hydroxyl groups excluding tert-OH is 1. The second-order valence-corrected chi connectivity index (χ2v) is 18.2. The summed E-state index contributed by atoms with van der Waals surface area (Å²) in [6, 6.07) is 29.9. The fourth-order valence-corrected chi connectivity index (χ4v) is 8.76. The molecule has 0 fully saturated rings. The third-order valence-corrected chi connectivity index (χ3v) is 12.8. The molecular formula is C51H58F3IrN2O2S-. The first-order valence-electron chi connectivity index (χ1n) is 20.7. The van der Waals surface area contributed by atoms with Gasteiger partial charge in [0.2, 0.25) is 0 Å². The number of allylic oxidation sites excluding steroid dienone is 2. The van der Waals surface area contributed by atoms with Crippen LogP contribution in [0, 0.1) is 30.2 Å². The summed E-state index contributed by atoms with van der Waals surface area (Å²) in [4.78, 5) is 22.3. The molecule has 0 aliphatic carbocycles. The largest absolute Gasteiger partial charge is 0.512 e. The van der Waals surface area contributed by atoms with E-state index in [4.69, 9.17) is 4.98 Å². The van der Waals surface area contributed by atoms with Gasteiger partial charge in [-0.1, -0.05) is 140 Å². The Labute approximate surface area is 372 Å². The molecule has 6 aromatic rings. The van der Waals surface area contributed by atoms with Crippen molar-refractivity contribution in [1.82, 2.24) is 9.97 Å². The van der Waals surface area contributed by atoms with Crippen LogP contribution in [0.1, 0.15) is 105 Å². The number of halogens is 3. The molecule has 0 saturated carbocycles. The molecule has 0 bridgehead atoms. The van der Waals surface area contributed by atoms with Crippen LogP contribution in [-0.2, 0) is 36.7 Å². The zero-order valence-electron chi connectivity index (χ0n) is 36.5. The van der Waals surface area contributed by atoms with E-state index in [0.29, 0.717) is 5.56 Å². The van der Waals surface area contributed by atoms with Gasteiger partial charge in [-0.3, -0.25) is 9.78 Å². The fraction of sp³-hybridized carbons (Fsp3) is 0.392. The van der Waals surface area contributed by atoms with Gasteiger partial charge in [-0.25, -0.2) is 4.98 Å². The number of carbonyl (C=O) groups excluding carboxylic acids is 1. The van der Waals surface area contributed by atoms with Crippen molar-refractivity contribution < 1.29 is 43.2 Å². The van der Waals surface area contributed by atoms with Gasteiger partial charge in [0.1, 0.15) is 6.33 Å². The summed E-state index contributed by atoms with van der Waals surface area (Å²) in [6.45, 7) is 19.4. The number of fused-ring (bicyclic) bond motifs is 2. The molecule has 1 N–H and O–H groups in total. The van der Waals surface area contributed by atoms with E-state index in [1.165, 1.54) is 30.9 Å². The second kappa shape index (κ2) is 20.1. The molecule has 0 unspecified atom stereocenters. The monoisotopic (exact) mass is 1010 g/mol. The van der Waals surface area contributed by atoms with Gasteiger partial charge in [-0.15, -0.1) is 40.5 Å². The molecule has 0 aliphatic rings. The first-order valence-corrected chi connectivity index (χ1v) is 21.6. The molecule has 0 aliphatic heterocycles. The van der Waals surface area contributed by atoms with Crippen molar-refractivity contribution in [2.24, 2.45) is 17.3 Å². The number of benzene rings is 4. The predicted octanol–water partition coefficient (Wildman–Crippen LogP) is 15.2. The fourth-order valence-electron chi connectivity index (χ4n) is 7.49. The molecule has 60 heavy (non-hydrogen) atoms. The maximum Gasteiger partial charge on any atom is 0.394 e. The maximum absolute atomic E-state index is 13.4. The van der Waals surface area contributed by atoms with E-state index in [9.17, 15) is 23.1 Å². The number of alkyl halides is 3. The van der Waals surface area contributed by atoms with Gasteiger partial charge >= 0.3 is 6.18 Å². The third-order valence-electron chi connectivity index (χ3n) is 11.5. The average molecular weight is 1010 g/mol. The molecule has 0 amide bonds. The number of carbonyl (C=O) groups is 1. The predicted molar refractivity (Wildman–Crippen MR) is 241 cm³/mol. The molecule has 2 aromatic heterocycles. The van der Waals surface area contributed by atoms with Crippen LogP contribution in [0.25, 0.3) is 53.8 Å². The zero-order valence-corrected chi connectivity index (χ0v) is 39.7. The molecule has 321 valence electrons. The Morgan fingerprint density at radius 2 is 1.35 bits per heavy atom. The zero-order chi connectivity index (χ0) is 43.3. The van der Waals surface area contributed by atoms with E-state index in [1.54, 1.807) is 29.8 Å². The van der Waals surface area contributed by atoms with E-state index >= 15 is 0 Å².